The molecule has 12 nitrogen and oxygen atoms in total. The molecule has 176 valence electrons. The van der Waals surface area contributed by atoms with E-state index in [-0.39, 0.29) is 29.3 Å². The van der Waals surface area contributed by atoms with Crippen molar-refractivity contribution in [3.8, 4) is 17.2 Å². The molecule has 12 heteroatoms. The van der Waals surface area contributed by atoms with Crippen LogP contribution in [0.2, 0.25) is 0 Å². The smallest absolute Gasteiger partial charge is 0.341 e. The first kappa shape index (κ1) is 22.7. The van der Waals surface area contributed by atoms with Crippen LogP contribution in [0.5, 0.6) is 5.75 Å². The maximum Gasteiger partial charge on any atom is 0.341 e. The molecule has 0 aliphatic rings. The number of carboxylic acids is 1. The quantitative estimate of drug-likeness (QED) is 0.351. The molecule has 34 heavy (non-hydrogen) atoms. The molecular weight excluding hydrogens is 440 g/mol. The number of carbonyl (C=O) groups is 1. The van der Waals surface area contributed by atoms with Crippen molar-refractivity contribution in [3.05, 3.63) is 53.3 Å². The fraction of sp³-hybridized carbons (Fsp3) is 0.273. The number of nitrogens with one attached hydrogen (secondary N) is 2. The minimum Gasteiger partial charge on any atom is -0.494 e. The Bertz CT molecular complexity index is 1350. The molecule has 3 heterocycles. The second kappa shape index (κ2) is 9.17. The van der Waals surface area contributed by atoms with Crippen LogP contribution in [0.3, 0.4) is 0 Å². The molecule has 0 radical (unpaired) electrons. The van der Waals surface area contributed by atoms with Crippen LogP contribution in [0.4, 0.5) is 17.5 Å². The zero-order valence-corrected chi connectivity index (χ0v) is 19.3. The maximum absolute atomic E-state index is 11.8. The molecule has 0 aliphatic carbocycles. The molecule has 1 unspecified atom stereocenters. The van der Waals surface area contributed by atoms with Crippen LogP contribution < -0.4 is 15.4 Å². The third-order valence-corrected chi connectivity index (χ3v) is 5.11. The Labute approximate surface area is 195 Å². The molecule has 0 bridgehead atoms. The topological polar surface area (TPSA) is 153 Å². The van der Waals surface area contributed by atoms with Gasteiger partial charge < -0.3 is 24.9 Å². The van der Waals surface area contributed by atoms with Crippen molar-refractivity contribution in [1.29, 1.82) is 0 Å². The van der Waals surface area contributed by atoms with Gasteiger partial charge in [0, 0.05) is 31.9 Å². The second-order valence-corrected chi connectivity index (χ2v) is 7.61. The predicted octanol–water partition coefficient (Wildman–Crippen LogP) is 3.50. The average molecular weight is 464 g/mol. The number of para-hydroxylation sites is 1. The Morgan fingerprint density at radius 3 is 2.68 bits per heavy atom. The Morgan fingerprint density at radius 2 is 2.06 bits per heavy atom. The highest BCUT2D eigenvalue weighted by Crippen LogP contribution is 2.37. The molecule has 0 amide bonds. The first-order valence-corrected chi connectivity index (χ1v) is 10.4. The first-order chi connectivity index (χ1) is 16.3. The summed E-state index contributed by atoms with van der Waals surface area (Å²) in [6.45, 7) is 5.55. The Hall–Kier alpha value is -4.48. The van der Waals surface area contributed by atoms with Gasteiger partial charge in [0.05, 0.1) is 30.1 Å². The van der Waals surface area contributed by atoms with Crippen LogP contribution >= 0.6 is 0 Å². The van der Waals surface area contributed by atoms with Crippen molar-refractivity contribution in [2.24, 2.45) is 7.05 Å². The minimum absolute atomic E-state index is 0.0947. The molecule has 4 aromatic rings. The monoisotopic (exact) mass is 464 g/mol. The highest BCUT2D eigenvalue weighted by molar-refractivity contribution is 5.94. The number of rotatable bonds is 8. The van der Waals surface area contributed by atoms with Crippen LogP contribution in [0.25, 0.3) is 11.5 Å². The van der Waals surface area contributed by atoms with Crippen molar-refractivity contribution in [1.82, 2.24) is 29.9 Å². The molecule has 0 saturated carbocycles. The van der Waals surface area contributed by atoms with Crippen LogP contribution in [-0.4, -0.2) is 48.1 Å². The van der Waals surface area contributed by atoms with E-state index in [1.165, 1.54) is 13.3 Å². The molecule has 1 aromatic carbocycles. The summed E-state index contributed by atoms with van der Waals surface area (Å²) < 4.78 is 12.8. The lowest BCUT2D eigenvalue weighted by Gasteiger charge is -2.17. The standard InChI is InChI=1S/C22H24N8O4/c1-11(16-10-30(4)29-12(16)2)24-22-23-9-15(21(31)32)19(26-22)25-17-8-6-7-14(18(17)33-5)20-28-27-13(3)34-20/h6-11H,1-5H3,(H,31,32)(H2,23,24,25,26). The third-order valence-electron chi connectivity index (χ3n) is 5.11. The normalized spacial score (nSPS) is 11.8. The summed E-state index contributed by atoms with van der Waals surface area (Å²) >= 11 is 0. The second-order valence-electron chi connectivity index (χ2n) is 7.61. The molecule has 1 atom stereocenters. The lowest BCUT2D eigenvalue weighted by molar-refractivity contribution is 0.0697. The Kier molecular flexibility index (Phi) is 6.13. The molecule has 4 rings (SSSR count). The third kappa shape index (κ3) is 4.51. The van der Waals surface area contributed by atoms with Crippen molar-refractivity contribution in [2.45, 2.75) is 26.8 Å². The van der Waals surface area contributed by atoms with E-state index >= 15 is 0 Å². The first-order valence-electron chi connectivity index (χ1n) is 10.4. The van der Waals surface area contributed by atoms with Gasteiger partial charge in [-0.2, -0.15) is 10.1 Å². The van der Waals surface area contributed by atoms with Crippen LogP contribution in [0, 0.1) is 13.8 Å². The summed E-state index contributed by atoms with van der Waals surface area (Å²) in [5.74, 6) is 0.265. The zero-order chi connectivity index (χ0) is 24.4. The number of hydrogen-bond acceptors (Lipinski definition) is 10. The van der Waals surface area contributed by atoms with E-state index in [9.17, 15) is 9.90 Å². The Morgan fingerprint density at radius 1 is 1.26 bits per heavy atom. The number of aromatic carboxylic acids is 1. The largest absolute Gasteiger partial charge is 0.494 e. The summed E-state index contributed by atoms with van der Waals surface area (Å²) in [5.41, 5.74) is 2.78. The average Bonchev–Trinajstić information content (AvgIpc) is 3.37. The summed E-state index contributed by atoms with van der Waals surface area (Å²) in [6, 6.07) is 5.10. The van der Waals surface area contributed by atoms with Gasteiger partial charge in [0.2, 0.25) is 11.8 Å². The van der Waals surface area contributed by atoms with Crippen molar-refractivity contribution < 1.29 is 19.1 Å². The van der Waals surface area contributed by atoms with Gasteiger partial charge in [0.15, 0.2) is 11.6 Å². The van der Waals surface area contributed by atoms with Gasteiger partial charge in [0.1, 0.15) is 5.56 Å². The summed E-state index contributed by atoms with van der Waals surface area (Å²) in [7, 11) is 3.34. The van der Waals surface area contributed by atoms with Crippen molar-refractivity contribution >= 4 is 23.4 Å². The molecule has 0 aliphatic heterocycles. The van der Waals surface area contributed by atoms with Crippen molar-refractivity contribution in [2.75, 3.05) is 17.7 Å². The molecule has 3 N–H and O–H groups in total. The van der Waals surface area contributed by atoms with E-state index in [2.05, 4.69) is 35.9 Å². The number of carboxylic acid groups (broad SMARTS) is 1. The number of methoxy groups -OCH3 is 1. The van der Waals surface area contributed by atoms with E-state index in [1.54, 1.807) is 29.8 Å². The van der Waals surface area contributed by atoms with E-state index < -0.39 is 5.97 Å². The number of nitrogens with zero attached hydrogens (tertiary/aromatic N) is 6. The number of hydrogen-bond donors (Lipinski definition) is 3. The summed E-state index contributed by atoms with van der Waals surface area (Å²) in [5, 5.41) is 28.2. The number of benzene rings is 1. The highest BCUT2D eigenvalue weighted by atomic mass is 16.5. The molecular formula is C22H24N8O4. The number of anilines is 3. The molecule has 0 saturated heterocycles. The van der Waals surface area contributed by atoms with Gasteiger partial charge in [-0.1, -0.05) is 6.07 Å². The zero-order valence-electron chi connectivity index (χ0n) is 19.3. The molecule has 0 spiro atoms. The van der Waals surface area contributed by atoms with E-state index in [1.807, 2.05) is 27.1 Å². The number of aryl methyl sites for hydroxylation is 3. The van der Waals surface area contributed by atoms with E-state index in [0.29, 0.717) is 22.9 Å². The lowest BCUT2D eigenvalue weighted by atomic mass is 10.1. The maximum atomic E-state index is 11.8. The van der Waals surface area contributed by atoms with Crippen LogP contribution in [0.1, 0.15) is 40.5 Å². The SMILES string of the molecule is COc1c(Nc2nc(NC(C)c3cn(C)nc3C)ncc2C(=O)O)cccc1-c1nnc(C)o1. The highest BCUT2D eigenvalue weighted by Gasteiger charge is 2.20. The van der Waals surface area contributed by atoms with Gasteiger partial charge >= 0.3 is 5.97 Å². The van der Waals surface area contributed by atoms with Gasteiger partial charge in [-0.3, -0.25) is 4.68 Å². The van der Waals surface area contributed by atoms with Gasteiger partial charge in [-0.25, -0.2) is 9.78 Å². The lowest BCUT2D eigenvalue weighted by Crippen LogP contribution is -2.13. The van der Waals surface area contributed by atoms with Crippen LogP contribution in [-0.2, 0) is 7.05 Å². The Balaban J connectivity index is 1.69. The van der Waals surface area contributed by atoms with E-state index in [4.69, 9.17) is 9.15 Å². The molecule has 3 aromatic heterocycles. The van der Waals surface area contributed by atoms with E-state index in [0.717, 1.165) is 11.3 Å². The minimum atomic E-state index is -1.17. The van der Waals surface area contributed by atoms with Crippen LogP contribution in [0.15, 0.2) is 35.0 Å². The summed E-state index contributed by atoms with van der Waals surface area (Å²) in [4.78, 5) is 20.4. The van der Waals surface area contributed by atoms with Gasteiger partial charge in [-0.05, 0) is 26.0 Å². The van der Waals surface area contributed by atoms with Crippen molar-refractivity contribution in [3.63, 3.8) is 0 Å². The van der Waals surface area contributed by atoms with Gasteiger partial charge in [-0.15, -0.1) is 10.2 Å². The molecule has 0 fully saturated rings. The summed E-state index contributed by atoms with van der Waals surface area (Å²) in [6.07, 6.45) is 3.16. The fourth-order valence-corrected chi connectivity index (χ4v) is 3.57. The fourth-order valence-electron chi connectivity index (χ4n) is 3.57. The number of aromatic nitrogens is 6. The predicted molar refractivity (Wildman–Crippen MR) is 123 cm³/mol. The van der Waals surface area contributed by atoms with Gasteiger partial charge in [0.25, 0.3) is 5.89 Å². The number of ether oxygens (including phenoxy) is 1.